The van der Waals surface area contributed by atoms with Gasteiger partial charge in [-0.05, 0) is 45.3 Å². The summed E-state index contributed by atoms with van der Waals surface area (Å²) in [5.74, 6) is 0.416. The van der Waals surface area contributed by atoms with E-state index in [1.54, 1.807) is 4.90 Å². The third-order valence-corrected chi connectivity index (χ3v) is 5.94. The van der Waals surface area contributed by atoms with Crippen LogP contribution in [0.1, 0.15) is 34.6 Å². The number of nitrogens with zero attached hydrogens (tertiary/aromatic N) is 1. The maximum atomic E-state index is 12.4. The van der Waals surface area contributed by atoms with E-state index in [0.717, 1.165) is 5.46 Å². The summed E-state index contributed by atoms with van der Waals surface area (Å²) < 4.78 is 23.6. The van der Waals surface area contributed by atoms with Crippen molar-refractivity contribution >= 4 is 30.3 Å². The maximum Gasteiger partial charge on any atom is 0.494 e. The molecule has 0 spiro atoms. The van der Waals surface area contributed by atoms with Gasteiger partial charge in [0.25, 0.3) is 0 Å². The molecule has 28 heavy (non-hydrogen) atoms. The molecule has 3 heterocycles. The van der Waals surface area contributed by atoms with Crippen molar-refractivity contribution in [1.29, 1.82) is 0 Å². The third-order valence-electron chi connectivity index (χ3n) is 5.94. The zero-order valence-corrected chi connectivity index (χ0v) is 16.8. The van der Waals surface area contributed by atoms with Crippen LogP contribution < -0.4 is 20.4 Å². The lowest BCUT2D eigenvalue weighted by Crippen LogP contribution is -2.48. The van der Waals surface area contributed by atoms with E-state index in [9.17, 15) is 9.59 Å². The molecule has 0 saturated carbocycles. The number of carbonyl (C=O) groups is 2. The van der Waals surface area contributed by atoms with Gasteiger partial charge in [-0.25, -0.2) is 4.79 Å². The first-order chi connectivity index (χ1) is 13.1. The average Bonchev–Trinajstić information content (AvgIpc) is 3.05. The number of amides is 2. The first-order valence-corrected chi connectivity index (χ1v) is 9.46. The summed E-state index contributed by atoms with van der Waals surface area (Å²) in [5.41, 5.74) is 0.606. The first-order valence-electron chi connectivity index (χ1n) is 9.46. The van der Waals surface area contributed by atoms with Gasteiger partial charge in [-0.15, -0.1) is 0 Å². The molecular formula is C19H25BN2O6. The molecule has 2 saturated heterocycles. The molecule has 3 aliphatic heterocycles. The lowest BCUT2D eigenvalue weighted by Gasteiger charge is -2.32. The second-order valence-electron chi connectivity index (χ2n) is 8.42. The van der Waals surface area contributed by atoms with E-state index in [1.807, 2.05) is 45.9 Å². The molecule has 0 aromatic heterocycles. The van der Waals surface area contributed by atoms with Crippen LogP contribution in [0.25, 0.3) is 0 Å². The number of nitrogens with one attached hydrogen (secondary N) is 1. The van der Waals surface area contributed by atoms with E-state index in [2.05, 4.69) is 5.32 Å². The minimum Gasteiger partial charge on any atom is -0.489 e. The highest BCUT2D eigenvalue weighted by molar-refractivity contribution is 6.62. The molecule has 8 nitrogen and oxygen atoms in total. The topological polar surface area (TPSA) is 86.3 Å². The number of rotatable bonds is 3. The van der Waals surface area contributed by atoms with Gasteiger partial charge in [0.2, 0.25) is 5.91 Å². The number of cyclic esters (lactones) is 1. The summed E-state index contributed by atoms with van der Waals surface area (Å²) in [6, 6.07) is 5.27. The quantitative estimate of drug-likeness (QED) is 0.784. The van der Waals surface area contributed by atoms with Crippen molar-refractivity contribution in [3.05, 3.63) is 18.2 Å². The van der Waals surface area contributed by atoms with Gasteiger partial charge in [-0.3, -0.25) is 9.69 Å². The lowest BCUT2D eigenvalue weighted by molar-refractivity contribution is -0.119. The van der Waals surface area contributed by atoms with Crippen LogP contribution in [-0.4, -0.2) is 55.6 Å². The Labute approximate surface area is 164 Å². The highest BCUT2D eigenvalue weighted by Gasteiger charge is 2.52. The molecule has 0 radical (unpaired) electrons. The SMILES string of the molecule is CC(=O)NC[C@@H]1OC(=O)N2c3ccc(B4OC(C)(C)C(C)(C)O4)cc3OC[C@@H]12. The van der Waals surface area contributed by atoms with Crippen molar-refractivity contribution in [3.63, 3.8) is 0 Å². The lowest BCUT2D eigenvalue weighted by atomic mass is 9.78. The molecule has 150 valence electrons. The molecule has 3 aliphatic rings. The monoisotopic (exact) mass is 388 g/mol. The summed E-state index contributed by atoms with van der Waals surface area (Å²) in [5, 5.41) is 2.70. The van der Waals surface area contributed by atoms with E-state index in [-0.39, 0.29) is 25.1 Å². The van der Waals surface area contributed by atoms with E-state index < -0.39 is 30.5 Å². The Balaban J connectivity index is 1.56. The minimum absolute atomic E-state index is 0.168. The Morgan fingerprint density at radius 3 is 2.57 bits per heavy atom. The van der Waals surface area contributed by atoms with Crippen LogP contribution in [0.3, 0.4) is 0 Å². The van der Waals surface area contributed by atoms with Gasteiger partial charge in [0, 0.05) is 6.92 Å². The predicted molar refractivity (Wildman–Crippen MR) is 103 cm³/mol. The highest BCUT2D eigenvalue weighted by Crippen LogP contribution is 2.40. The summed E-state index contributed by atoms with van der Waals surface area (Å²) in [6.45, 7) is 9.98. The standard InChI is InChI=1S/C19H25BN2O6/c1-11(23)21-9-16-14-10-25-15-8-12(6-7-13(15)22(14)17(24)26-16)20-27-18(2,3)19(4,5)28-20/h6-8,14,16H,9-10H2,1-5H3,(H,21,23)/t14-,16-/m0/s1. The fourth-order valence-corrected chi connectivity index (χ4v) is 3.59. The Hall–Kier alpha value is -2.26. The van der Waals surface area contributed by atoms with Crippen molar-refractivity contribution < 1.29 is 28.4 Å². The second kappa shape index (κ2) is 6.38. The summed E-state index contributed by atoms with van der Waals surface area (Å²) in [7, 11) is -0.505. The molecule has 4 rings (SSSR count). The number of hydrogen-bond acceptors (Lipinski definition) is 6. The number of hydrogen-bond donors (Lipinski definition) is 1. The summed E-state index contributed by atoms with van der Waals surface area (Å²) >= 11 is 0. The summed E-state index contributed by atoms with van der Waals surface area (Å²) in [4.78, 5) is 25.2. The van der Waals surface area contributed by atoms with Crippen LogP contribution in [-0.2, 0) is 18.8 Å². The van der Waals surface area contributed by atoms with Crippen LogP contribution in [0.2, 0.25) is 0 Å². The van der Waals surface area contributed by atoms with Crippen molar-refractivity contribution in [3.8, 4) is 5.75 Å². The zero-order valence-electron chi connectivity index (χ0n) is 16.8. The smallest absolute Gasteiger partial charge is 0.489 e. The fraction of sp³-hybridized carbons (Fsp3) is 0.579. The van der Waals surface area contributed by atoms with Crippen LogP contribution in [0.15, 0.2) is 18.2 Å². The molecule has 0 unspecified atom stereocenters. The second-order valence-corrected chi connectivity index (χ2v) is 8.42. The largest absolute Gasteiger partial charge is 0.494 e. The number of carbonyl (C=O) groups excluding carboxylic acids is 2. The van der Waals surface area contributed by atoms with Gasteiger partial charge < -0.3 is 24.1 Å². The molecule has 0 aliphatic carbocycles. The number of anilines is 1. The Morgan fingerprint density at radius 2 is 1.93 bits per heavy atom. The van der Waals surface area contributed by atoms with E-state index in [1.165, 1.54) is 6.92 Å². The molecule has 1 aromatic carbocycles. The normalized spacial score (nSPS) is 27.0. The Morgan fingerprint density at radius 1 is 1.25 bits per heavy atom. The molecule has 1 aromatic rings. The predicted octanol–water partition coefficient (Wildman–Crippen LogP) is 1.21. The van der Waals surface area contributed by atoms with Crippen LogP contribution in [0, 0.1) is 0 Å². The molecule has 1 N–H and O–H groups in total. The van der Waals surface area contributed by atoms with Crippen molar-refractivity contribution in [1.82, 2.24) is 5.32 Å². The summed E-state index contributed by atoms with van der Waals surface area (Å²) in [6.07, 6.45) is -0.888. The van der Waals surface area contributed by atoms with Gasteiger partial charge in [0.05, 0.1) is 23.4 Å². The molecule has 0 bridgehead atoms. The van der Waals surface area contributed by atoms with Crippen molar-refractivity contribution in [2.45, 2.75) is 58.0 Å². The van der Waals surface area contributed by atoms with E-state index in [4.69, 9.17) is 18.8 Å². The van der Waals surface area contributed by atoms with Gasteiger partial charge in [-0.2, -0.15) is 0 Å². The van der Waals surface area contributed by atoms with E-state index in [0.29, 0.717) is 11.4 Å². The van der Waals surface area contributed by atoms with Crippen LogP contribution in [0.4, 0.5) is 10.5 Å². The van der Waals surface area contributed by atoms with Crippen LogP contribution in [0.5, 0.6) is 5.75 Å². The molecular weight excluding hydrogens is 363 g/mol. The fourth-order valence-electron chi connectivity index (χ4n) is 3.59. The Bertz CT molecular complexity index is 811. The maximum absolute atomic E-state index is 12.4. The number of fused-ring (bicyclic) bond motifs is 3. The first kappa shape index (κ1) is 19.1. The van der Waals surface area contributed by atoms with Gasteiger partial charge in [0.1, 0.15) is 24.5 Å². The van der Waals surface area contributed by atoms with Gasteiger partial charge in [-0.1, -0.05) is 6.07 Å². The Kier molecular flexibility index (Phi) is 4.35. The van der Waals surface area contributed by atoms with Crippen LogP contribution >= 0.6 is 0 Å². The molecule has 2 atom stereocenters. The van der Waals surface area contributed by atoms with Gasteiger partial charge in [0.15, 0.2) is 0 Å². The third kappa shape index (κ3) is 3.02. The average molecular weight is 388 g/mol. The van der Waals surface area contributed by atoms with Crippen molar-refractivity contribution in [2.75, 3.05) is 18.1 Å². The molecule has 2 fully saturated rings. The molecule has 9 heteroatoms. The highest BCUT2D eigenvalue weighted by atomic mass is 16.7. The van der Waals surface area contributed by atoms with E-state index >= 15 is 0 Å². The minimum atomic E-state index is -0.505. The molecule has 2 amide bonds. The van der Waals surface area contributed by atoms with Crippen molar-refractivity contribution in [2.24, 2.45) is 0 Å². The van der Waals surface area contributed by atoms with Gasteiger partial charge >= 0.3 is 13.2 Å². The zero-order chi connectivity index (χ0) is 20.3. The number of benzene rings is 1. The number of ether oxygens (including phenoxy) is 2.